The number of nitrogens with one attached hydrogen (secondary N) is 2. The molecule has 1 atom stereocenters. The molecule has 2 aliphatic heterocycles. The second-order valence-electron chi connectivity index (χ2n) is 15.2. The number of ketones is 1. The van der Waals surface area contributed by atoms with Crippen LogP contribution in [0, 0.1) is 0 Å². The van der Waals surface area contributed by atoms with Crippen LogP contribution in [-0.2, 0) is 35.3 Å². The molecule has 3 N–H and O–H groups in total. The van der Waals surface area contributed by atoms with Gasteiger partial charge in [-0.2, -0.15) is 4.58 Å². The largest absolute Gasteiger partial charge is 0.748 e. The van der Waals surface area contributed by atoms with Crippen LogP contribution in [0.15, 0.2) is 83.2 Å². The molecule has 2 heterocycles. The van der Waals surface area contributed by atoms with Crippen LogP contribution in [0.4, 0.5) is 11.4 Å². The SMILES string of the molecule is CN(CCCCCC(=O)O)CCNC(=O)C(CS(=O)(=O)[O-])NC1=C(/C=C2/N(C)c3ccccc3C2(C)C)C(=O)/C1=C\C1=[N+](C)c2ccccc2C1(C)C. The number of aliphatic carboxylic acids is 1. The van der Waals surface area contributed by atoms with E-state index in [0.29, 0.717) is 36.4 Å². The van der Waals surface area contributed by atoms with Crippen molar-refractivity contribution in [2.75, 3.05) is 51.4 Å². The normalized spacial score (nSPS) is 19.5. The summed E-state index contributed by atoms with van der Waals surface area (Å²) in [5.74, 6) is -2.78. The van der Waals surface area contributed by atoms with Gasteiger partial charge in [0.25, 0.3) is 0 Å². The van der Waals surface area contributed by atoms with Crippen molar-refractivity contribution in [3.63, 3.8) is 0 Å². The number of hydrogen-bond donors (Lipinski definition) is 3. The van der Waals surface area contributed by atoms with E-state index >= 15 is 0 Å². The van der Waals surface area contributed by atoms with E-state index in [1.807, 2.05) is 71.9 Å². The van der Waals surface area contributed by atoms with E-state index in [4.69, 9.17) is 5.11 Å². The quantitative estimate of drug-likeness (QED) is 0.0993. The lowest BCUT2D eigenvalue weighted by molar-refractivity contribution is -0.401. The highest BCUT2D eigenvalue weighted by Crippen LogP contribution is 2.48. The Morgan fingerprint density at radius 3 is 2.28 bits per heavy atom. The lowest BCUT2D eigenvalue weighted by Crippen LogP contribution is -2.51. The molecule has 0 bridgehead atoms. The van der Waals surface area contributed by atoms with Crippen molar-refractivity contribution < 1.29 is 37.0 Å². The van der Waals surface area contributed by atoms with Gasteiger partial charge in [0, 0.05) is 66.6 Å². The number of carboxylic acid groups (broad SMARTS) is 1. The van der Waals surface area contributed by atoms with Gasteiger partial charge in [0.05, 0.1) is 32.6 Å². The van der Waals surface area contributed by atoms with E-state index in [-0.39, 0.29) is 18.7 Å². The molecule has 0 spiro atoms. The zero-order chi connectivity index (χ0) is 38.9. The standard InChI is InChI=1S/C40H51N5O7S/c1-39(2)28-15-10-12-17-31(28)44(6)33(39)23-26-36(27(37(26)48)24-34-40(3,4)29-16-11-13-18-32(29)45(34)7)42-30(25-53(50,51)52)38(49)41-20-22-43(5)21-14-8-9-19-35(46)47/h10-13,15-18,23-24,30H,8-9,14,19-22,25H2,1-7H3,(H3-,41,42,46,47,48,49,50,51,52). The van der Waals surface area contributed by atoms with Crippen molar-refractivity contribution in [1.29, 1.82) is 0 Å². The topological polar surface area (TPSA) is 162 Å². The van der Waals surface area contributed by atoms with Crippen LogP contribution in [0.25, 0.3) is 0 Å². The molecule has 12 nitrogen and oxygen atoms in total. The smallest absolute Gasteiger partial charge is 0.303 e. The Kier molecular flexibility index (Phi) is 11.5. The molecule has 1 aliphatic carbocycles. The molecule has 2 aromatic rings. The number of anilines is 1. The number of likely N-dealkylation sites (N-methyl/N-ethyl adjacent to an activating group) is 2. The molecule has 0 radical (unpaired) electrons. The Bertz CT molecular complexity index is 2040. The minimum atomic E-state index is -4.87. The second-order valence-corrected chi connectivity index (χ2v) is 16.7. The number of carbonyl (C=O) groups excluding carboxylic acids is 2. The third-order valence-electron chi connectivity index (χ3n) is 10.7. The Hall–Kier alpha value is -4.59. The predicted octanol–water partition coefficient (Wildman–Crippen LogP) is 3.96. The third-order valence-corrected chi connectivity index (χ3v) is 11.4. The first kappa shape index (κ1) is 39.6. The fourth-order valence-corrected chi connectivity index (χ4v) is 8.32. The minimum Gasteiger partial charge on any atom is -0.748 e. The Labute approximate surface area is 312 Å². The van der Waals surface area contributed by atoms with Crippen molar-refractivity contribution >= 4 is 44.9 Å². The molecule has 0 saturated heterocycles. The highest BCUT2D eigenvalue weighted by molar-refractivity contribution is 7.85. The number of carboxylic acids is 1. The molecule has 2 aromatic carbocycles. The summed E-state index contributed by atoms with van der Waals surface area (Å²) in [6.07, 6.45) is 5.87. The highest BCUT2D eigenvalue weighted by Gasteiger charge is 2.46. The van der Waals surface area contributed by atoms with E-state index in [1.165, 1.54) is 0 Å². The van der Waals surface area contributed by atoms with E-state index in [1.54, 1.807) is 12.2 Å². The first-order valence-electron chi connectivity index (χ1n) is 18.0. The zero-order valence-electron chi connectivity index (χ0n) is 31.7. The summed E-state index contributed by atoms with van der Waals surface area (Å²) in [6.45, 7) is 9.63. The van der Waals surface area contributed by atoms with Gasteiger partial charge in [0.1, 0.15) is 13.1 Å². The molecule has 13 heteroatoms. The van der Waals surface area contributed by atoms with Gasteiger partial charge >= 0.3 is 5.97 Å². The number of hydrogen-bond acceptors (Lipinski definition) is 9. The van der Waals surface area contributed by atoms with Gasteiger partial charge in [-0.05, 0) is 58.0 Å². The van der Waals surface area contributed by atoms with Crippen LogP contribution in [0.5, 0.6) is 0 Å². The molecule has 3 aliphatic rings. The number of Topliss-reactive ketones (excluding diaryl/α,β-unsaturated/α-hetero) is 1. The number of benzene rings is 2. The summed E-state index contributed by atoms with van der Waals surface area (Å²) in [5.41, 5.74) is 5.84. The van der Waals surface area contributed by atoms with Crippen molar-refractivity contribution in [2.45, 2.75) is 70.3 Å². The fraction of sp³-hybridized carbons (Fsp3) is 0.450. The van der Waals surface area contributed by atoms with Gasteiger partial charge in [-0.25, -0.2) is 8.42 Å². The fourth-order valence-electron chi connectivity index (χ4n) is 7.68. The molecule has 53 heavy (non-hydrogen) atoms. The van der Waals surface area contributed by atoms with Gasteiger partial charge in [-0.3, -0.25) is 14.4 Å². The van der Waals surface area contributed by atoms with Gasteiger partial charge in [0.2, 0.25) is 11.6 Å². The molecule has 0 saturated carbocycles. The summed E-state index contributed by atoms with van der Waals surface area (Å²) < 4.78 is 38.6. The Morgan fingerprint density at radius 2 is 1.64 bits per heavy atom. The first-order valence-corrected chi connectivity index (χ1v) is 19.6. The predicted molar refractivity (Wildman–Crippen MR) is 204 cm³/mol. The summed E-state index contributed by atoms with van der Waals surface area (Å²) in [7, 11) is 0.870. The number of para-hydroxylation sites is 2. The third kappa shape index (κ3) is 8.32. The molecule has 1 unspecified atom stereocenters. The Balaban J connectivity index is 1.47. The van der Waals surface area contributed by atoms with Crippen molar-refractivity contribution in [3.8, 4) is 0 Å². The van der Waals surface area contributed by atoms with Crippen molar-refractivity contribution in [2.24, 2.45) is 0 Å². The second kappa shape index (κ2) is 15.4. The maximum Gasteiger partial charge on any atom is 0.303 e. The van der Waals surface area contributed by atoms with Crippen LogP contribution < -0.4 is 15.5 Å². The first-order chi connectivity index (χ1) is 24.8. The maximum atomic E-state index is 14.2. The summed E-state index contributed by atoms with van der Waals surface area (Å²) >= 11 is 0. The van der Waals surface area contributed by atoms with Crippen molar-refractivity contribution in [1.82, 2.24) is 15.5 Å². The highest BCUT2D eigenvalue weighted by atomic mass is 32.2. The lowest BCUT2D eigenvalue weighted by Gasteiger charge is -2.32. The monoisotopic (exact) mass is 745 g/mol. The molecule has 284 valence electrons. The van der Waals surface area contributed by atoms with Gasteiger partial charge in [0.15, 0.2) is 11.5 Å². The number of amides is 1. The summed E-state index contributed by atoms with van der Waals surface area (Å²) in [6, 6.07) is 14.5. The number of carbonyl (C=O) groups is 3. The number of rotatable bonds is 16. The average molecular weight is 746 g/mol. The summed E-state index contributed by atoms with van der Waals surface area (Å²) in [5, 5.41) is 14.7. The van der Waals surface area contributed by atoms with E-state index < -0.39 is 44.6 Å². The molecule has 0 fully saturated rings. The van der Waals surface area contributed by atoms with E-state index in [2.05, 4.69) is 50.5 Å². The zero-order valence-corrected chi connectivity index (χ0v) is 32.5. The number of unbranched alkanes of at least 4 members (excludes halogenated alkanes) is 2. The van der Waals surface area contributed by atoms with Gasteiger partial charge < -0.3 is 30.1 Å². The summed E-state index contributed by atoms with van der Waals surface area (Å²) in [4.78, 5) is 42.6. The van der Waals surface area contributed by atoms with Crippen molar-refractivity contribution in [3.05, 3.63) is 94.4 Å². The molecule has 0 aromatic heterocycles. The number of fused-ring (bicyclic) bond motifs is 2. The Morgan fingerprint density at radius 1 is 0.981 bits per heavy atom. The van der Waals surface area contributed by atoms with Gasteiger partial charge in [-0.15, -0.1) is 0 Å². The minimum absolute atomic E-state index is 0.123. The molecular weight excluding hydrogens is 695 g/mol. The van der Waals surface area contributed by atoms with E-state index in [9.17, 15) is 27.4 Å². The number of allylic oxidation sites excluding steroid dienone is 5. The van der Waals surface area contributed by atoms with Crippen LogP contribution >= 0.6 is 0 Å². The number of nitrogens with zero attached hydrogens (tertiary/aromatic N) is 3. The van der Waals surface area contributed by atoms with Crippen LogP contribution in [0.1, 0.15) is 64.5 Å². The molecule has 1 amide bonds. The van der Waals surface area contributed by atoms with Gasteiger partial charge in [-0.1, -0.05) is 56.7 Å². The average Bonchev–Trinajstić information content (AvgIpc) is 3.40. The van der Waals surface area contributed by atoms with E-state index in [0.717, 1.165) is 46.8 Å². The molecule has 5 rings (SSSR count). The molecular formula is C40H51N5O7S. The van der Waals surface area contributed by atoms with Crippen LogP contribution in [0.2, 0.25) is 0 Å². The van der Waals surface area contributed by atoms with Crippen LogP contribution in [-0.4, -0.2) is 103 Å². The van der Waals surface area contributed by atoms with Crippen LogP contribution in [0.3, 0.4) is 0 Å². The maximum absolute atomic E-state index is 14.2. The lowest BCUT2D eigenvalue weighted by atomic mass is 9.77.